The zero-order valence-electron chi connectivity index (χ0n) is 6.16. The van der Waals surface area contributed by atoms with Gasteiger partial charge in [0.2, 0.25) is 6.23 Å². The van der Waals surface area contributed by atoms with Crippen molar-refractivity contribution in [3.8, 4) is 5.75 Å². The lowest BCUT2D eigenvalue weighted by atomic mass is 10.3. The number of nitrogens with two attached hydrogens (primary N) is 1. The number of rotatable bonds is 3. The first kappa shape index (κ1) is 7.82. The van der Waals surface area contributed by atoms with Crippen molar-refractivity contribution < 1.29 is 4.74 Å². The molecule has 1 rings (SSSR count). The van der Waals surface area contributed by atoms with Gasteiger partial charge in [-0.2, -0.15) is 0 Å². The number of para-hydroxylation sites is 1. The third kappa shape index (κ3) is 2.43. The summed E-state index contributed by atoms with van der Waals surface area (Å²) in [6.07, 6.45) is 1.78. The summed E-state index contributed by atoms with van der Waals surface area (Å²) in [6, 6.07) is 9.33. The number of ether oxygens (including phenoxy) is 1. The van der Waals surface area contributed by atoms with Gasteiger partial charge in [-0.15, -0.1) is 0 Å². The molecule has 0 aromatic heterocycles. The topological polar surface area (TPSA) is 35.2 Å². The Hall–Kier alpha value is -1.28. The van der Waals surface area contributed by atoms with E-state index < -0.39 is 0 Å². The first-order valence-electron chi connectivity index (χ1n) is 3.30. The van der Waals surface area contributed by atoms with Crippen LogP contribution in [-0.2, 0) is 0 Å². The molecule has 1 aromatic carbocycles. The SMILES string of the molecule is C=C[C](N)Oc1ccccc1. The van der Waals surface area contributed by atoms with Gasteiger partial charge in [0, 0.05) is 0 Å². The molecule has 0 unspecified atom stereocenters. The van der Waals surface area contributed by atoms with E-state index in [-0.39, 0.29) is 0 Å². The molecule has 57 valence electrons. The summed E-state index contributed by atoms with van der Waals surface area (Å²) in [7, 11) is 0. The van der Waals surface area contributed by atoms with Gasteiger partial charge in [-0.25, -0.2) is 0 Å². The Kier molecular flexibility index (Phi) is 2.69. The molecular formula is C9H10NO. The predicted octanol–water partition coefficient (Wildman–Crippen LogP) is 1.70. The summed E-state index contributed by atoms with van der Waals surface area (Å²) in [5, 5.41) is 0. The molecule has 2 nitrogen and oxygen atoms in total. The summed E-state index contributed by atoms with van der Waals surface area (Å²) < 4.78 is 5.14. The van der Waals surface area contributed by atoms with Crippen molar-refractivity contribution in [3.63, 3.8) is 0 Å². The first-order valence-corrected chi connectivity index (χ1v) is 3.30. The Morgan fingerprint density at radius 1 is 1.36 bits per heavy atom. The average molecular weight is 148 g/mol. The zero-order valence-corrected chi connectivity index (χ0v) is 6.16. The van der Waals surface area contributed by atoms with Crippen LogP contribution in [0.25, 0.3) is 0 Å². The van der Waals surface area contributed by atoms with Crippen LogP contribution in [0.2, 0.25) is 0 Å². The van der Waals surface area contributed by atoms with Crippen molar-refractivity contribution in [2.45, 2.75) is 0 Å². The van der Waals surface area contributed by atoms with Crippen molar-refractivity contribution in [1.29, 1.82) is 0 Å². The molecule has 0 atom stereocenters. The standard InChI is InChI=1S/C9H10NO/c1-2-9(10)11-8-6-4-3-5-7-8/h2-7H,1,10H2. The van der Waals surface area contributed by atoms with E-state index in [9.17, 15) is 0 Å². The molecular weight excluding hydrogens is 138 g/mol. The molecule has 2 heteroatoms. The van der Waals surface area contributed by atoms with Gasteiger partial charge in [-0.1, -0.05) is 24.8 Å². The van der Waals surface area contributed by atoms with Crippen LogP contribution in [0, 0.1) is 6.23 Å². The van der Waals surface area contributed by atoms with Gasteiger partial charge in [0.15, 0.2) is 0 Å². The second-order valence-corrected chi connectivity index (χ2v) is 2.02. The van der Waals surface area contributed by atoms with E-state index >= 15 is 0 Å². The molecule has 11 heavy (non-hydrogen) atoms. The first-order chi connectivity index (χ1) is 5.33. The minimum atomic E-state index is 0.316. The minimum Gasteiger partial charge on any atom is -0.463 e. The maximum Gasteiger partial charge on any atom is 0.234 e. The second-order valence-electron chi connectivity index (χ2n) is 2.02. The van der Waals surface area contributed by atoms with E-state index in [1.165, 1.54) is 6.08 Å². The molecule has 0 spiro atoms. The molecule has 0 aliphatic carbocycles. The van der Waals surface area contributed by atoms with Gasteiger partial charge in [0.25, 0.3) is 0 Å². The monoisotopic (exact) mass is 148 g/mol. The van der Waals surface area contributed by atoms with E-state index in [0.29, 0.717) is 6.23 Å². The average Bonchev–Trinajstić information content (AvgIpc) is 2.06. The van der Waals surface area contributed by atoms with Gasteiger partial charge in [0.05, 0.1) is 0 Å². The van der Waals surface area contributed by atoms with Crippen LogP contribution in [0.5, 0.6) is 5.75 Å². The fourth-order valence-electron chi connectivity index (χ4n) is 0.666. The Bertz CT molecular complexity index is 220. The molecule has 2 N–H and O–H groups in total. The fourth-order valence-corrected chi connectivity index (χ4v) is 0.666. The van der Waals surface area contributed by atoms with Crippen LogP contribution in [0.1, 0.15) is 0 Å². The van der Waals surface area contributed by atoms with Crippen LogP contribution in [0.15, 0.2) is 43.0 Å². The second kappa shape index (κ2) is 3.78. The third-order valence-corrected chi connectivity index (χ3v) is 1.18. The molecule has 0 fully saturated rings. The number of hydrogen-bond acceptors (Lipinski definition) is 2. The number of hydrogen-bond donors (Lipinski definition) is 1. The normalized spacial score (nSPS) is 9.64. The summed E-state index contributed by atoms with van der Waals surface area (Å²) in [5.74, 6) is 0.727. The maximum absolute atomic E-state index is 5.38. The van der Waals surface area contributed by atoms with Gasteiger partial charge < -0.3 is 4.74 Å². The zero-order chi connectivity index (χ0) is 8.10. The molecule has 0 amide bonds. The van der Waals surface area contributed by atoms with Crippen molar-refractivity contribution in [3.05, 3.63) is 49.2 Å². The van der Waals surface area contributed by atoms with Crippen LogP contribution in [-0.4, -0.2) is 0 Å². The lowest BCUT2D eigenvalue weighted by molar-refractivity contribution is 0.357. The molecule has 0 aliphatic rings. The Morgan fingerprint density at radius 2 is 2.00 bits per heavy atom. The minimum absolute atomic E-state index is 0.316. The third-order valence-electron chi connectivity index (χ3n) is 1.18. The summed E-state index contributed by atoms with van der Waals surface area (Å²) in [5.41, 5.74) is 5.38. The maximum atomic E-state index is 5.38. The molecule has 1 aromatic rings. The van der Waals surface area contributed by atoms with Crippen molar-refractivity contribution in [2.75, 3.05) is 0 Å². The highest BCUT2D eigenvalue weighted by Crippen LogP contribution is 2.11. The van der Waals surface area contributed by atoms with E-state index in [4.69, 9.17) is 10.5 Å². The molecule has 1 radical (unpaired) electrons. The van der Waals surface area contributed by atoms with Gasteiger partial charge >= 0.3 is 0 Å². The van der Waals surface area contributed by atoms with Crippen LogP contribution in [0.3, 0.4) is 0 Å². The highest BCUT2D eigenvalue weighted by atomic mass is 16.5. The lowest BCUT2D eigenvalue weighted by Gasteiger charge is -2.06. The Morgan fingerprint density at radius 3 is 2.55 bits per heavy atom. The van der Waals surface area contributed by atoms with Gasteiger partial charge in [0.1, 0.15) is 5.75 Å². The quantitative estimate of drug-likeness (QED) is 0.708. The smallest absolute Gasteiger partial charge is 0.234 e. The Balaban J connectivity index is 2.57. The lowest BCUT2D eigenvalue weighted by Crippen LogP contribution is -2.13. The molecule has 0 saturated heterocycles. The van der Waals surface area contributed by atoms with Crippen molar-refractivity contribution in [1.82, 2.24) is 0 Å². The van der Waals surface area contributed by atoms with E-state index in [2.05, 4.69) is 6.58 Å². The fraction of sp³-hybridized carbons (Fsp3) is 0. The summed E-state index contributed by atoms with van der Waals surface area (Å²) in [4.78, 5) is 0. The van der Waals surface area contributed by atoms with Crippen molar-refractivity contribution in [2.24, 2.45) is 5.73 Å². The van der Waals surface area contributed by atoms with E-state index in [0.717, 1.165) is 5.75 Å². The molecule has 0 bridgehead atoms. The van der Waals surface area contributed by atoms with E-state index in [1.807, 2.05) is 30.3 Å². The Labute approximate surface area is 66.3 Å². The number of benzene rings is 1. The molecule has 0 aliphatic heterocycles. The van der Waals surface area contributed by atoms with E-state index in [1.54, 1.807) is 0 Å². The molecule has 0 heterocycles. The highest BCUT2D eigenvalue weighted by molar-refractivity contribution is 5.23. The van der Waals surface area contributed by atoms with Gasteiger partial charge in [-0.05, 0) is 18.2 Å². The highest BCUT2D eigenvalue weighted by Gasteiger charge is 1.97. The van der Waals surface area contributed by atoms with Crippen LogP contribution >= 0.6 is 0 Å². The predicted molar refractivity (Wildman–Crippen MR) is 44.7 cm³/mol. The van der Waals surface area contributed by atoms with Gasteiger partial charge in [-0.3, -0.25) is 5.73 Å². The molecule has 0 saturated carbocycles. The largest absolute Gasteiger partial charge is 0.463 e. The van der Waals surface area contributed by atoms with Crippen LogP contribution in [0.4, 0.5) is 0 Å². The summed E-state index contributed by atoms with van der Waals surface area (Å²) in [6.45, 7) is 3.47. The summed E-state index contributed by atoms with van der Waals surface area (Å²) >= 11 is 0. The van der Waals surface area contributed by atoms with Crippen LogP contribution < -0.4 is 10.5 Å². The van der Waals surface area contributed by atoms with Crippen molar-refractivity contribution >= 4 is 0 Å².